The Morgan fingerprint density at radius 2 is 2.10 bits per heavy atom. The molecule has 0 aromatic carbocycles. The zero-order valence-corrected chi connectivity index (χ0v) is 17.1. The second kappa shape index (κ2) is 8.14. The molecule has 0 unspecified atom stereocenters. The molecule has 3 aromatic rings. The van der Waals surface area contributed by atoms with Crippen LogP contribution >= 0.6 is 0 Å². The molecule has 0 spiro atoms. The maximum Gasteiger partial charge on any atom is 0.257 e. The third kappa shape index (κ3) is 4.21. The Morgan fingerprint density at radius 3 is 2.83 bits per heavy atom. The minimum Gasteiger partial charge on any atom is -0.361 e. The standard InChI is InChI=1S/C21H26N6O2/c1-14-20(15(2)29-25-14)19-10-18(22-13-23-19)9-16-5-4-7-27(8-6-16)21(28)17-11-24-26(3)12-17/h10-13,16H,4-9H2,1-3H3/t16-/m0/s1. The number of carbonyl (C=O) groups is 1. The summed E-state index contributed by atoms with van der Waals surface area (Å²) in [6.07, 6.45) is 8.97. The van der Waals surface area contributed by atoms with Crippen molar-refractivity contribution < 1.29 is 9.32 Å². The fourth-order valence-electron chi connectivity index (χ4n) is 4.08. The summed E-state index contributed by atoms with van der Waals surface area (Å²) >= 11 is 0. The Balaban J connectivity index is 1.42. The van der Waals surface area contributed by atoms with Gasteiger partial charge in [-0.1, -0.05) is 5.16 Å². The number of carbonyl (C=O) groups excluding carboxylic acids is 1. The van der Waals surface area contributed by atoms with E-state index in [0.717, 1.165) is 67.2 Å². The molecular weight excluding hydrogens is 368 g/mol. The second-order valence-corrected chi connectivity index (χ2v) is 7.79. The minimum atomic E-state index is 0.0708. The van der Waals surface area contributed by atoms with Crippen LogP contribution in [0.4, 0.5) is 0 Å². The van der Waals surface area contributed by atoms with Gasteiger partial charge in [0.15, 0.2) is 0 Å². The highest BCUT2D eigenvalue weighted by atomic mass is 16.5. The van der Waals surface area contributed by atoms with Gasteiger partial charge >= 0.3 is 0 Å². The van der Waals surface area contributed by atoms with E-state index in [1.807, 2.05) is 31.9 Å². The van der Waals surface area contributed by atoms with Gasteiger partial charge in [-0.3, -0.25) is 9.48 Å². The molecule has 0 aliphatic carbocycles. The molecule has 1 aliphatic heterocycles. The van der Waals surface area contributed by atoms with Gasteiger partial charge in [-0.15, -0.1) is 0 Å². The summed E-state index contributed by atoms with van der Waals surface area (Å²) in [5.41, 5.74) is 4.32. The number of rotatable bonds is 4. The predicted molar refractivity (Wildman–Crippen MR) is 107 cm³/mol. The van der Waals surface area contributed by atoms with Crippen molar-refractivity contribution in [1.82, 2.24) is 29.8 Å². The summed E-state index contributed by atoms with van der Waals surface area (Å²) in [6, 6.07) is 2.04. The number of amides is 1. The van der Waals surface area contributed by atoms with Crippen LogP contribution in [0.1, 0.15) is 46.8 Å². The van der Waals surface area contributed by atoms with Crippen LogP contribution < -0.4 is 0 Å². The fraction of sp³-hybridized carbons (Fsp3) is 0.476. The van der Waals surface area contributed by atoms with Crippen molar-refractivity contribution in [2.45, 2.75) is 39.5 Å². The van der Waals surface area contributed by atoms with E-state index in [1.165, 1.54) is 0 Å². The molecular formula is C21H26N6O2. The lowest BCUT2D eigenvalue weighted by Crippen LogP contribution is -2.31. The SMILES string of the molecule is Cc1noc(C)c1-c1cc(C[C@H]2CCCN(C(=O)c3cnn(C)c3)CC2)ncn1. The summed E-state index contributed by atoms with van der Waals surface area (Å²) in [6.45, 7) is 5.38. The van der Waals surface area contributed by atoms with Crippen LogP contribution in [-0.4, -0.2) is 48.8 Å². The van der Waals surface area contributed by atoms with Gasteiger partial charge in [0.05, 0.1) is 28.7 Å². The third-order valence-electron chi connectivity index (χ3n) is 5.60. The minimum absolute atomic E-state index is 0.0708. The molecule has 0 bridgehead atoms. The molecule has 8 nitrogen and oxygen atoms in total. The van der Waals surface area contributed by atoms with Crippen molar-refractivity contribution in [1.29, 1.82) is 0 Å². The summed E-state index contributed by atoms with van der Waals surface area (Å²) in [5, 5.41) is 8.13. The van der Waals surface area contributed by atoms with Crippen LogP contribution in [0.15, 0.2) is 29.3 Å². The van der Waals surface area contributed by atoms with Gasteiger partial charge in [0.1, 0.15) is 12.1 Å². The highest BCUT2D eigenvalue weighted by Gasteiger charge is 2.23. The van der Waals surface area contributed by atoms with Crippen molar-refractivity contribution >= 4 is 5.91 Å². The zero-order valence-electron chi connectivity index (χ0n) is 17.1. The molecule has 0 saturated carbocycles. The molecule has 1 saturated heterocycles. The maximum absolute atomic E-state index is 12.7. The second-order valence-electron chi connectivity index (χ2n) is 7.79. The lowest BCUT2D eigenvalue weighted by molar-refractivity contribution is 0.0760. The van der Waals surface area contributed by atoms with Crippen molar-refractivity contribution in [3.8, 4) is 11.3 Å². The van der Waals surface area contributed by atoms with Crippen LogP contribution in [0, 0.1) is 19.8 Å². The van der Waals surface area contributed by atoms with E-state index >= 15 is 0 Å². The number of aromatic nitrogens is 5. The van der Waals surface area contributed by atoms with Crippen molar-refractivity contribution in [2.75, 3.05) is 13.1 Å². The van der Waals surface area contributed by atoms with E-state index in [9.17, 15) is 4.79 Å². The number of nitrogens with zero attached hydrogens (tertiary/aromatic N) is 6. The van der Waals surface area contributed by atoms with E-state index in [1.54, 1.807) is 23.4 Å². The smallest absolute Gasteiger partial charge is 0.257 e. The third-order valence-corrected chi connectivity index (χ3v) is 5.60. The fourth-order valence-corrected chi connectivity index (χ4v) is 4.08. The highest BCUT2D eigenvalue weighted by molar-refractivity contribution is 5.93. The van der Waals surface area contributed by atoms with E-state index in [2.05, 4.69) is 20.2 Å². The molecule has 4 rings (SSSR count). The van der Waals surface area contributed by atoms with Gasteiger partial charge in [-0.2, -0.15) is 5.10 Å². The number of hydrogen-bond acceptors (Lipinski definition) is 6. The van der Waals surface area contributed by atoms with Crippen LogP contribution in [-0.2, 0) is 13.5 Å². The topological polar surface area (TPSA) is 89.9 Å². The molecule has 1 amide bonds. The predicted octanol–water partition coefficient (Wildman–Crippen LogP) is 2.97. The highest BCUT2D eigenvalue weighted by Crippen LogP contribution is 2.27. The monoisotopic (exact) mass is 394 g/mol. The summed E-state index contributed by atoms with van der Waals surface area (Å²) < 4.78 is 6.94. The van der Waals surface area contributed by atoms with Crippen LogP contribution in [0.5, 0.6) is 0 Å². The summed E-state index contributed by atoms with van der Waals surface area (Å²) in [4.78, 5) is 23.6. The van der Waals surface area contributed by atoms with Crippen molar-refractivity contribution in [3.63, 3.8) is 0 Å². The summed E-state index contributed by atoms with van der Waals surface area (Å²) in [5.74, 6) is 1.33. The molecule has 3 aromatic heterocycles. The normalized spacial score (nSPS) is 17.3. The lowest BCUT2D eigenvalue weighted by atomic mass is 9.94. The molecule has 1 atom stereocenters. The summed E-state index contributed by atoms with van der Waals surface area (Å²) in [7, 11) is 1.83. The van der Waals surface area contributed by atoms with E-state index in [4.69, 9.17) is 4.52 Å². The average molecular weight is 394 g/mol. The molecule has 1 aliphatic rings. The van der Waals surface area contributed by atoms with Crippen molar-refractivity contribution in [2.24, 2.45) is 13.0 Å². The van der Waals surface area contributed by atoms with Gasteiger partial charge in [0.2, 0.25) is 0 Å². The van der Waals surface area contributed by atoms with Gasteiger partial charge in [-0.25, -0.2) is 9.97 Å². The van der Waals surface area contributed by atoms with E-state index < -0.39 is 0 Å². The maximum atomic E-state index is 12.7. The lowest BCUT2D eigenvalue weighted by Gasteiger charge is -2.20. The van der Waals surface area contributed by atoms with Gasteiger partial charge in [0.25, 0.3) is 5.91 Å². The Hall–Kier alpha value is -3.03. The zero-order chi connectivity index (χ0) is 20.4. The number of hydrogen-bond donors (Lipinski definition) is 0. The molecule has 152 valence electrons. The average Bonchev–Trinajstić information content (AvgIpc) is 3.20. The first-order valence-electron chi connectivity index (χ1n) is 10.0. The van der Waals surface area contributed by atoms with Crippen LogP contribution in [0.2, 0.25) is 0 Å². The molecule has 29 heavy (non-hydrogen) atoms. The number of aryl methyl sites for hydroxylation is 3. The Kier molecular flexibility index (Phi) is 5.42. The van der Waals surface area contributed by atoms with E-state index in [0.29, 0.717) is 11.5 Å². The van der Waals surface area contributed by atoms with Gasteiger partial charge in [-0.05, 0) is 51.5 Å². The first-order chi connectivity index (χ1) is 14.0. The first kappa shape index (κ1) is 19.3. The quantitative estimate of drug-likeness (QED) is 0.676. The number of likely N-dealkylation sites (tertiary alicyclic amines) is 1. The molecule has 4 heterocycles. The Labute approximate surface area is 169 Å². The Bertz CT molecular complexity index is 989. The molecule has 8 heteroatoms. The Morgan fingerprint density at radius 1 is 1.24 bits per heavy atom. The molecule has 0 radical (unpaired) electrons. The van der Waals surface area contributed by atoms with Gasteiger partial charge in [0, 0.05) is 32.0 Å². The molecule has 0 N–H and O–H groups in total. The largest absolute Gasteiger partial charge is 0.361 e. The first-order valence-corrected chi connectivity index (χ1v) is 10.0. The molecule has 1 fully saturated rings. The van der Waals surface area contributed by atoms with Crippen LogP contribution in [0.3, 0.4) is 0 Å². The van der Waals surface area contributed by atoms with Crippen molar-refractivity contribution in [3.05, 3.63) is 47.5 Å². The van der Waals surface area contributed by atoms with Crippen LogP contribution in [0.25, 0.3) is 11.3 Å². The van der Waals surface area contributed by atoms with Gasteiger partial charge < -0.3 is 9.42 Å². The van der Waals surface area contributed by atoms with E-state index in [-0.39, 0.29) is 5.91 Å².